The molecule has 6 heteroatoms. The summed E-state index contributed by atoms with van der Waals surface area (Å²) in [4.78, 5) is 37.1. The molecule has 0 saturated heterocycles. The van der Waals surface area contributed by atoms with Crippen molar-refractivity contribution in [2.45, 2.75) is 31.6 Å². The Morgan fingerprint density at radius 1 is 1.03 bits per heavy atom. The fraction of sp³-hybridized carbons (Fsp3) is 0.208. The van der Waals surface area contributed by atoms with Gasteiger partial charge in [0.1, 0.15) is 0 Å². The fourth-order valence-corrected chi connectivity index (χ4v) is 4.49. The van der Waals surface area contributed by atoms with Gasteiger partial charge >= 0.3 is 5.97 Å². The highest BCUT2D eigenvalue weighted by Gasteiger charge is 2.41. The number of aliphatic carboxylic acids is 1. The second kappa shape index (κ2) is 7.63. The van der Waals surface area contributed by atoms with Gasteiger partial charge in [-0.1, -0.05) is 42.5 Å². The number of amides is 1. The van der Waals surface area contributed by atoms with Crippen molar-refractivity contribution in [3.8, 4) is 0 Å². The molecule has 1 amide bonds. The number of Topliss-reactive ketones (excluding diaryl/α,β-unsaturated/α-hetero) is 1. The lowest BCUT2D eigenvalue weighted by Crippen LogP contribution is -2.35. The summed E-state index contributed by atoms with van der Waals surface area (Å²) in [5, 5.41) is 13.1. The summed E-state index contributed by atoms with van der Waals surface area (Å²) < 4.78 is 0. The molecule has 4 N–H and O–H groups in total. The van der Waals surface area contributed by atoms with Crippen LogP contribution in [0.5, 0.6) is 0 Å². The minimum atomic E-state index is -1.10. The molecule has 6 nitrogen and oxygen atoms in total. The number of primary amides is 1. The number of nitrogens with two attached hydrogens (primary N) is 1. The Labute approximate surface area is 174 Å². The molecule has 0 saturated carbocycles. The van der Waals surface area contributed by atoms with Gasteiger partial charge in [-0.05, 0) is 42.5 Å². The highest BCUT2D eigenvalue weighted by molar-refractivity contribution is 6.04. The summed E-state index contributed by atoms with van der Waals surface area (Å²) in [6, 6.07) is 16.4. The molecule has 2 unspecified atom stereocenters. The molecule has 152 valence electrons. The van der Waals surface area contributed by atoms with Crippen LogP contribution < -0.4 is 11.1 Å². The number of carbonyl (C=O) groups is 3. The summed E-state index contributed by atoms with van der Waals surface area (Å²) in [6.45, 7) is 1.70. The van der Waals surface area contributed by atoms with Crippen LogP contribution in [-0.4, -0.2) is 22.8 Å². The molecular formula is C24H22N2O4. The van der Waals surface area contributed by atoms with Gasteiger partial charge in [-0.25, -0.2) is 4.79 Å². The lowest BCUT2D eigenvalue weighted by atomic mass is 9.71. The van der Waals surface area contributed by atoms with Gasteiger partial charge in [0.05, 0.1) is 5.57 Å². The summed E-state index contributed by atoms with van der Waals surface area (Å²) >= 11 is 0. The van der Waals surface area contributed by atoms with Crippen molar-refractivity contribution in [3.63, 3.8) is 0 Å². The highest BCUT2D eigenvalue weighted by Crippen LogP contribution is 2.45. The topological polar surface area (TPSA) is 109 Å². The third-order valence-electron chi connectivity index (χ3n) is 5.83. The van der Waals surface area contributed by atoms with Crippen molar-refractivity contribution in [2.75, 3.05) is 0 Å². The first-order chi connectivity index (χ1) is 14.4. The number of benzene rings is 2. The fourth-order valence-electron chi connectivity index (χ4n) is 4.49. The van der Waals surface area contributed by atoms with E-state index in [0.29, 0.717) is 29.7 Å². The van der Waals surface area contributed by atoms with Gasteiger partial charge in [0.25, 0.3) is 0 Å². The lowest BCUT2D eigenvalue weighted by Gasteiger charge is -2.36. The molecule has 4 rings (SSSR count). The van der Waals surface area contributed by atoms with Gasteiger partial charge in [0.15, 0.2) is 5.78 Å². The zero-order valence-corrected chi connectivity index (χ0v) is 16.5. The number of rotatable bonds is 4. The van der Waals surface area contributed by atoms with Crippen LogP contribution in [0.3, 0.4) is 0 Å². The smallest absolute Gasteiger partial charge is 0.334 e. The molecule has 2 aliphatic rings. The first kappa shape index (κ1) is 19.6. The maximum Gasteiger partial charge on any atom is 0.334 e. The molecule has 2 aromatic carbocycles. The van der Waals surface area contributed by atoms with Crippen LogP contribution in [0.15, 0.2) is 77.1 Å². The molecule has 30 heavy (non-hydrogen) atoms. The van der Waals surface area contributed by atoms with Crippen LogP contribution >= 0.6 is 0 Å². The standard InChI is InChI=1S/C24H22N2O4/c1-13-20(24(29)30)21(15-8-5-9-16(10-15)23(25)28)22-18(26-13)11-17(12-19(22)27)14-6-3-2-4-7-14/h2-10,17,21,26H,11-12H2,1H3,(H2,25,28)(H,29,30). The first-order valence-corrected chi connectivity index (χ1v) is 9.79. The molecule has 1 heterocycles. The van der Waals surface area contributed by atoms with E-state index in [0.717, 1.165) is 11.3 Å². The molecule has 1 aliphatic carbocycles. The lowest BCUT2D eigenvalue weighted by molar-refractivity contribution is -0.133. The number of hydrogen-bond donors (Lipinski definition) is 3. The van der Waals surface area contributed by atoms with E-state index in [4.69, 9.17) is 5.73 Å². The molecule has 0 fully saturated rings. The minimum Gasteiger partial charge on any atom is -0.478 e. The maximum atomic E-state index is 13.3. The molecule has 2 atom stereocenters. The third kappa shape index (κ3) is 3.41. The summed E-state index contributed by atoms with van der Waals surface area (Å²) in [6.07, 6.45) is 0.920. The second-order valence-corrected chi connectivity index (χ2v) is 7.72. The van der Waals surface area contributed by atoms with E-state index >= 15 is 0 Å². The molecule has 0 bridgehead atoms. The van der Waals surface area contributed by atoms with Crippen molar-refractivity contribution in [2.24, 2.45) is 5.73 Å². The monoisotopic (exact) mass is 402 g/mol. The average Bonchev–Trinajstić information content (AvgIpc) is 2.73. The van der Waals surface area contributed by atoms with Crippen LogP contribution in [0.25, 0.3) is 0 Å². The first-order valence-electron chi connectivity index (χ1n) is 9.79. The number of carboxylic acid groups (broad SMARTS) is 1. The Hall–Kier alpha value is -3.67. The van der Waals surface area contributed by atoms with Crippen LogP contribution in [0.4, 0.5) is 0 Å². The number of hydrogen-bond acceptors (Lipinski definition) is 4. The van der Waals surface area contributed by atoms with Gasteiger partial charge < -0.3 is 16.2 Å². The predicted molar refractivity (Wildman–Crippen MR) is 112 cm³/mol. The van der Waals surface area contributed by atoms with Crippen molar-refractivity contribution in [1.82, 2.24) is 5.32 Å². The number of carboxylic acids is 1. The molecule has 0 aromatic heterocycles. The van der Waals surface area contributed by atoms with Gasteiger partial charge in [0, 0.05) is 34.9 Å². The van der Waals surface area contributed by atoms with Crippen LogP contribution in [-0.2, 0) is 9.59 Å². The van der Waals surface area contributed by atoms with E-state index in [1.54, 1.807) is 31.2 Å². The van der Waals surface area contributed by atoms with E-state index < -0.39 is 17.8 Å². The number of nitrogens with one attached hydrogen (secondary N) is 1. The average molecular weight is 402 g/mol. The predicted octanol–water partition coefficient (Wildman–Crippen LogP) is 3.23. The third-order valence-corrected chi connectivity index (χ3v) is 5.83. The van der Waals surface area contributed by atoms with Crippen molar-refractivity contribution >= 4 is 17.7 Å². The Bertz CT molecular complexity index is 1120. The molecule has 0 radical (unpaired) electrons. The van der Waals surface area contributed by atoms with E-state index in [2.05, 4.69) is 5.32 Å². The summed E-state index contributed by atoms with van der Waals surface area (Å²) in [7, 11) is 0. The number of carbonyl (C=O) groups excluding carboxylic acids is 2. The van der Waals surface area contributed by atoms with E-state index in [1.807, 2.05) is 30.3 Å². The van der Waals surface area contributed by atoms with Gasteiger partial charge in [-0.2, -0.15) is 0 Å². The minimum absolute atomic E-state index is 0.0294. The number of dihydropyridines is 1. The number of allylic oxidation sites excluding steroid dienone is 3. The Kier molecular flexibility index (Phi) is 4.99. The van der Waals surface area contributed by atoms with Gasteiger partial charge in [-0.3, -0.25) is 9.59 Å². The normalized spacial score (nSPS) is 21.2. The van der Waals surface area contributed by atoms with E-state index in [-0.39, 0.29) is 22.8 Å². The van der Waals surface area contributed by atoms with Crippen molar-refractivity contribution < 1.29 is 19.5 Å². The zero-order chi connectivity index (χ0) is 21.4. The van der Waals surface area contributed by atoms with Crippen LogP contribution in [0, 0.1) is 0 Å². The Morgan fingerprint density at radius 2 is 1.73 bits per heavy atom. The SMILES string of the molecule is CC1=C(C(=O)O)C(c2cccc(C(N)=O)c2)C2=C(CC(c3ccccc3)CC2=O)N1. The van der Waals surface area contributed by atoms with E-state index in [9.17, 15) is 19.5 Å². The largest absolute Gasteiger partial charge is 0.478 e. The Morgan fingerprint density at radius 3 is 2.40 bits per heavy atom. The quantitative estimate of drug-likeness (QED) is 0.727. The van der Waals surface area contributed by atoms with Crippen LogP contribution in [0.2, 0.25) is 0 Å². The van der Waals surface area contributed by atoms with Crippen LogP contribution in [0.1, 0.15) is 53.1 Å². The second-order valence-electron chi connectivity index (χ2n) is 7.72. The molecule has 1 aliphatic heterocycles. The van der Waals surface area contributed by atoms with Gasteiger partial charge in [-0.15, -0.1) is 0 Å². The molecule has 2 aromatic rings. The van der Waals surface area contributed by atoms with Crippen molar-refractivity contribution in [3.05, 3.63) is 93.8 Å². The maximum absolute atomic E-state index is 13.3. The zero-order valence-electron chi connectivity index (χ0n) is 16.5. The number of ketones is 1. The highest BCUT2D eigenvalue weighted by atomic mass is 16.4. The summed E-state index contributed by atoms with van der Waals surface area (Å²) in [5.74, 6) is -2.50. The summed E-state index contributed by atoms with van der Waals surface area (Å²) in [5.41, 5.74) is 9.17. The van der Waals surface area contributed by atoms with E-state index in [1.165, 1.54) is 0 Å². The van der Waals surface area contributed by atoms with Gasteiger partial charge in [0.2, 0.25) is 5.91 Å². The molecular weight excluding hydrogens is 380 g/mol. The van der Waals surface area contributed by atoms with Crippen molar-refractivity contribution in [1.29, 1.82) is 0 Å². The Balaban J connectivity index is 1.83. The molecule has 0 spiro atoms.